The first-order chi connectivity index (χ1) is 17.6. The fraction of sp³-hybridized carbons (Fsp3) is 0.519. The molecule has 10 heteroatoms. The van der Waals surface area contributed by atoms with Crippen molar-refractivity contribution in [3.63, 3.8) is 0 Å². The highest BCUT2D eigenvalue weighted by Crippen LogP contribution is 2.48. The lowest BCUT2D eigenvalue weighted by atomic mass is 9.95. The maximum absolute atomic E-state index is 13.8. The third-order valence-electron chi connectivity index (χ3n) is 6.59. The number of hydrogen-bond donors (Lipinski definition) is 3. The molecule has 0 aromatic heterocycles. The summed E-state index contributed by atoms with van der Waals surface area (Å²) in [6.07, 6.45) is -1.60. The Labute approximate surface area is 218 Å². The molecule has 1 saturated heterocycles. The molecule has 3 N–H and O–H groups in total. The van der Waals surface area contributed by atoms with Gasteiger partial charge in [0.25, 0.3) is 0 Å². The van der Waals surface area contributed by atoms with Gasteiger partial charge in [-0.3, -0.25) is 9.32 Å². The summed E-state index contributed by atoms with van der Waals surface area (Å²) in [4.78, 5) is 12.6. The summed E-state index contributed by atoms with van der Waals surface area (Å²) in [5.74, 6) is -0.0869. The van der Waals surface area contributed by atoms with Crippen LogP contribution in [0.1, 0.15) is 52.2 Å². The number of carbonyl (C=O) groups excluding carboxylic acids is 1. The van der Waals surface area contributed by atoms with Crippen LogP contribution >= 0.6 is 7.75 Å². The lowest BCUT2D eigenvalue weighted by Gasteiger charge is -2.30. The molecule has 0 spiro atoms. The quantitative estimate of drug-likeness (QED) is 0.253. The topological polar surface area (TPSA) is 124 Å². The van der Waals surface area contributed by atoms with Crippen LogP contribution in [0.2, 0.25) is 0 Å². The van der Waals surface area contributed by atoms with Crippen molar-refractivity contribution in [1.29, 1.82) is 0 Å². The van der Waals surface area contributed by atoms with Crippen molar-refractivity contribution in [2.24, 2.45) is 5.92 Å². The van der Waals surface area contributed by atoms with Gasteiger partial charge in [0.05, 0.1) is 13.2 Å². The molecule has 1 heterocycles. The van der Waals surface area contributed by atoms with Crippen molar-refractivity contribution in [3.05, 3.63) is 66.2 Å². The van der Waals surface area contributed by atoms with E-state index >= 15 is 0 Å². The van der Waals surface area contributed by atoms with Crippen molar-refractivity contribution < 1.29 is 38.1 Å². The zero-order chi connectivity index (χ0) is 27.1. The molecule has 1 aliphatic heterocycles. The summed E-state index contributed by atoms with van der Waals surface area (Å²) in [6.45, 7) is 7.00. The van der Waals surface area contributed by atoms with Crippen LogP contribution in [0.25, 0.3) is 0 Å². The molecule has 204 valence electrons. The second kappa shape index (κ2) is 13.0. The molecule has 2 aromatic carbocycles. The monoisotopic (exact) mass is 535 g/mol. The van der Waals surface area contributed by atoms with Gasteiger partial charge < -0.3 is 24.2 Å². The smallest absolute Gasteiger partial charge is 0.459 e. The maximum atomic E-state index is 13.8. The third kappa shape index (κ3) is 7.63. The number of hydrogen-bond acceptors (Lipinski definition) is 8. The summed E-state index contributed by atoms with van der Waals surface area (Å²) < 4.78 is 36.7. The Morgan fingerprint density at radius 3 is 2.27 bits per heavy atom. The molecule has 0 aliphatic carbocycles. The lowest BCUT2D eigenvalue weighted by molar-refractivity contribution is -0.146. The molecule has 3 rings (SSSR count). The van der Waals surface area contributed by atoms with E-state index in [1.807, 2.05) is 19.9 Å². The van der Waals surface area contributed by atoms with Crippen LogP contribution in [-0.4, -0.2) is 53.2 Å². The second-order valence-corrected chi connectivity index (χ2v) is 11.2. The van der Waals surface area contributed by atoms with E-state index in [1.165, 1.54) is 6.92 Å². The molecule has 1 fully saturated rings. The number of benzene rings is 2. The standard InChI is InChI=1S/C27H38NO8P/c1-5-20(6-2)17-33-26(31)19(3)28-37(32,36-22-15-11-8-12-16-22)34-18-27(4)25(30)23(29)24(35-27)21-13-9-7-10-14-21/h7-16,19-20,23-25,29-30H,5-6,17-18H2,1-4H3,(H,28,32)/t19-,23-,24-,25-,27+,37-/m0/s1. The van der Waals surface area contributed by atoms with E-state index in [4.69, 9.17) is 18.5 Å². The molecule has 0 unspecified atom stereocenters. The SMILES string of the molecule is CCC(CC)COC(=O)[C@H](C)N[P@](=O)(OC[C@@]1(C)O[C@@H](c2ccccc2)[C@H](O)[C@@H]1O)Oc1ccccc1. The van der Waals surface area contributed by atoms with Gasteiger partial charge in [-0.25, -0.2) is 4.57 Å². The minimum absolute atomic E-state index is 0.240. The molecule has 0 bridgehead atoms. The number of aliphatic hydroxyl groups is 2. The van der Waals surface area contributed by atoms with Crippen LogP contribution in [0.3, 0.4) is 0 Å². The number of esters is 1. The molecule has 1 aliphatic rings. The zero-order valence-corrected chi connectivity index (χ0v) is 22.7. The van der Waals surface area contributed by atoms with E-state index in [0.717, 1.165) is 12.8 Å². The minimum atomic E-state index is -4.17. The van der Waals surface area contributed by atoms with Crippen LogP contribution in [0.4, 0.5) is 0 Å². The predicted octanol–water partition coefficient (Wildman–Crippen LogP) is 4.40. The molecule has 0 amide bonds. The van der Waals surface area contributed by atoms with Crippen LogP contribution in [0.5, 0.6) is 5.75 Å². The highest BCUT2D eigenvalue weighted by Gasteiger charge is 2.53. The van der Waals surface area contributed by atoms with Gasteiger partial charge in [0.15, 0.2) is 0 Å². The lowest BCUT2D eigenvalue weighted by Crippen LogP contribution is -2.45. The van der Waals surface area contributed by atoms with Crippen molar-refractivity contribution in [1.82, 2.24) is 5.09 Å². The highest BCUT2D eigenvalue weighted by molar-refractivity contribution is 7.52. The Morgan fingerprint density at radius 2 is 1.68 bits per heavy atom. The van der Waals surface area contributed by atoms with Crippen molar-refractivity contribution >= 4 is 13.7 Å². The average Bonchev–Trinajstić information content (AvgIpc) is 3.13. The Kier molecular flexibility index (Phi) is 10.3. The molecular weight excluding hydrogens is 497 g/mol. The van der Waals surface area contributed by atoms with Gasteiger partial charge in [0.1, 0.15) is 35.7 Å². The molecule has 2 aromatic rings. The molecule has 9 nitrogen and oxygen atoms in total. The summed E-state index contributed by atoms with van der Waals surface area (Å²) in [6, 6.07) is 16.4. The highest BCUT2D eigenvalue weighted by atomic mass is 31.2. The van der Waals surface area contributed by atoms with Gasteiger partial charge in [0, 0.05) is 0 Å². The van der Waals surface area contributed by atoms with E-state index in [0.29, 0.717) is 5.56 Å². The number of nitrogens with one attached hydrogen (secondary N) is 1. The fourth-order valence-electron chi connectivity index (χ4n) is 4.05. The van der Waals surface area contributed by atoms with Crippen LogP contribution in [0.15, 0.2) is 60.7 Å². The Bertz CT molecular complexity index is 1040. The van der Waals surface area contributed by atoms with E-state index in [2.05, 4.69) is 5.09 Å². The van der Waals surface area contributed by atoms with Crippen LogP contribution in [0, 0.1) is 5.92 Å². The van der Waals surface area contributed by atoms with Gasteiger partial charge in [-0.1, -0.05) is 75.2 Å². The van der Waals surface area contributed by atoms with Gasteiger partial charge in [0.2, 0.25) is 0 Å². The van der Waals surface area contributed by atoms with Gasteiger partial charge in [-0.05, 0) is 37.5 Å². The Morgan fingerprint density at radius 1 is 1.08 bits per heavy atom. The first kappa shape index (κ1) is 29.3. The Hall–Kier alpha value is -2.26. The van der Waals surface area contributed by atoms with Crippen molar-refractivity contribution in [3.8, 4) is 5.75 Å². The van der Waals surface area contributed by atoms with Crippen LogP contribution in [-0.2, 0) is 23.4 Å². The van der Waals surface area contributed by atoms with Crippen LogP contribution < -0.4 is 9.61 Å². The van der Waals surface area contributed by atoms with Crippen molar-refractivity contribution in [2.75, 3.05) is 13.2 Å². The molecule has 6 atom stereocenters. The normalized spacial score (nSPS) is 26.0. The molecule has 37 heavy (non-hydrogen) atoms. The average molecular weight is 536 g/mol. The van der Waals surface area contributed by atoms with Gasteiger partial charge in [-0.2, -0.15) is 5.09 Å². The second-order valence-electron chi connectivity index (χ2n) is 9.54. The summed E-state index contributed by atoms with van der Waals surface area (Å²) in [5.41, 5.74) is -0.718. The molecular formula is C27H38NO8P. The predicted molar refractivity (Wildman–Crippen MR) is 139 cm³/mol. The fourth-order valence-corrected chi connectivity index (χ4v) is 5.63. The maximum Gasteiger partial charge on any atom is 0.459 e. The van der Waals surface area contributed by atoms with Crippen molar-refractivity contribution in [2.45, 2.75) is 70.5 Å². The summed E-state index contributed by atoms with van der Waals surface area (Å²) in [7, 11) is -4.17. The van der Waals surface area contributed by atoms with E-state index in [1.54, 1.807) is 61.5 Å². The summed E-state index contributed by atoms with van der Waals surface area (Å²) >= 11 is 0. The van der Waals surface area contributed by atoms with Gasteiger partial charge >= 0.3 is 13.7 Å². The number of aliphatic hydroxyl groups excluding tert-OH is 2. The van der Waals surface area contributed by atoms with E-state index < -0.39 is 43.7 Å². The Balaban J connectivity index is 1.73. The summed E-state index contributed by atoms with van der Waals surface area (Å²) in [5, 5.41) is 24.1. The van der Waals surface area contributed by atoms with E-state index in [-0.39, 0.29) is 24.9 Å². The number of para-hydroxylation sites is 1. The third-order valence-corrected chi connectivity index (χ3v) is 8.22. The molecule has 0 saturated carbocycles. The van der Waals surface area contributed by atoms with Gasteiger partial charge in [-0.15, -0.1) is 0 Å². The van der Waals surface area contributed by atoms with E-state index in [9.17, 15) is 19.6 Å². The molecule has 0 radical (unpaired) electrons. The largest absolute Gasteiger partial charge is 0.464 e. The number of rotatable bonds is 13. The number of carbonyl (C=O) groups is 1. The minimum Gasteiger partial charge on any atom is -0.464 e. The zero-order valence-electron chi connectivity index (χ0n) is 21.8. The first-order valence-electron chi connectivity index (χ1n) is 12.6. The number of ether oxygens (including phenoxy) is 2. The first-order valence-corrected chi connectivity index (χ1v) is 14.2.